The van der Waals surface area contributed by atoms with E-state index in [4.69, 9.17) is 27.9 Å². The zero-order valence-electron chi connectivity index (χ0n) is 12.0. The predicted octanol–water partition coefficient (Wildman–Crippen LogP) is 4.23. The number of rotatable bonds is 5. The van der Waals surface area contributed by atoms with Crippen LogP contribution in [0.4, 0.5) is 11.4 Å². The van der Waals surface area contributed by atoms with E-state index in [1.807, 2.05) is 13.0 Å². The van der Waals surface area contributed by atoms with E-state index >= 15 is 0 Å². The lowest BCUT2D eigenvalue weighted by molar-refractivity contribution is -0.384. The van der Waals surface area contributed by atoms with Crippen LogP contribution in [-0.4, -0.2) is 17.4 Å². The van der Waals surface area contributed by atoms with Crippen LogP contribution >= 0.6 is 23.2 Å². The molecule has 2 aromatic carbocycles. The first-order chi connectivity index (χ1) is 10.9. The summed E-state index contributed by atoms with van der Waals surface area (Å²) in [5.74, 6) is -0.0805. The number of hydrogen-bond donors (Lipinski definition) is 1. The molecular weight excluding hydrogens is 343 g/mol. The summed E-state index contributed by atoms with van der Waals surface area (Å²) in [5, 5.41) is 13.7. The summed E-state index contributed by atoms with van der Waals surface area (Å²) in [6, 6.07) is 9.19. The van der Waals surface area contributed by atoms with Crippen molar-refractivity contribution in [2.75, 3.05) is 11.9 Å². The summed E-state index contributed by atoms with van der Waals surface area (Å²) in [4.78, 5) is 22.1. The van der Waals surface area contributed by atoms with Gasteiger partial charge in [-0.2, -0.15) is 0 Å². The number of nitro benzene ring substituents is 1. The molecule has 0 saturated carbocycles. The van der Waals surface area contributed by atoms with Gasteiger partial charge in [0.1, 0.15) is 10.8 Å². The number of hydrogen-bond acceptors (Lipinski definition) is 4. The van der Waals surface area contributed by atoms with E-state index in [2.05, 4.69) is 5.32 Å². The first kappa shape index (κ1) is 17.1. The Kier molecular flexibility index (Phi) is 5.41. The Balaban J connectivity index is 2.01. The molecule has 120 valence electrons. The van der Waals surface area contributed by atoms with Crippen molar-refractivity contribution in [2.45, 2.75) is 6.92 Å². The van der Waals surface area contributed by atoms with E-state index in [1.54, 1.807) is 12.1 Å². The molecule has 2 rings (SSSR count). The third kappa shape index (κ3) is 4.58. The first-order valence-corrected chi connectivity index (χ1v) is 7.25. The molecule has 1 N–H and O–H groups in total. The minimum Gasteiger partial charge on any atom is -0.482 e. The normalized spacial score (nSPS) is 10.2. The topological polar surface area (TPSA) is 81.5 Å². The van der Waals surface area contributed by atoms with Crippen LogP contribution in [-0.2, 0) is 4.79 Å². The van der Waals surface area contributed by atoms with Crippen molar-refractivity contribution >= 4 is 40.5 Å². The standard InChI is InChI=1S/C15H12Cl2N2O4/c1-9-2-4-12(17)14(6-9)23-8-15(20)18-10-3-5-11(16)13(7-10)19(21)22/h2-7H,8H2,1H3,(H,18,20). The van der Waals surface area contributed by atoms with E-state index in [9.17, 15) is 14.9 Å². The van der Waals surface area contributed by atoms with Crippen molar-refractivity contribution in [3.05, 3.63) is 62.1 Å². The monoisotopic (exact) mass is 354 g/mol. The van der Waals surface area contributed by atoms with Crippen molar-refractivity contribution in [2.24, 2.45) is 0 Å². The number of amides is 1. The second-order valence-electron chi connectivity index (χ2n) is 4.69. The Morgan fingerprint density at radius 2 is 1.91 bits per heavy atom. The van der Waals surface area contributed by atoms with Crippen molar-refractivity contribution in [3.8, 4) is 5.75 Å². The average Bonchev–Trinajstić information content (AvgIpc) is 2.50. The Morgan fingerprint density at radius 1 is 1.22 bits per heavy atom. The fraction of sp³-hybridized carbons (Fsp3) is 0.133. The molecule has 0 heterocycles. The quantitative estimate of drug-likeness (QED) is 0.643. The maximum Gasteiger partial charge on any atom is 0.289 e. The molecule has 0 spiro atoms. The van der Waals surface area contributed by atoms with Gasteiger partial charge in [-0.25, -0.2) is 0 Å². The molecule has 8 heteroatoms. The third-order valence-electron chi connectivity index (χ3n) is 2.87. The summed E-state index contributed by atoms with van der Waals surface area (Å²) in [7, 11) is 0. The Labute approximate surface area is 142 Å². The van der Waals surface area contributed by atoms with Gasteiger partial charge in [-0.15, -0.1) is 0 Å². The molecule has 0 aliphatic heterocycles. The van der Waals surface area contributed by atoms with E-state index in [0.29, 0.717) is 10.8 Å². The maximum atomic E-state index is 11.9. The summed E-state index contributed by atoms with van der Waals surface area (Å²) in [6.07, 6.45) is 0. The fourth-order valence-corrected chi connectivity index (χ4v) is 2.15. The van der Waals surface area contributed by atoms with Gasteiger partial charge in [0.05, 0.1) is 9.95 Å². The summed E-state index contributed by atoms with van der Waals surface area (Å²) >= 11 is 11.7. The molecule has 0 bridgehead atoms. The van der Waals surface area contributed by atoms with Gasteiger partial charge in [-0.3, -0.25) is 14.9 Å². The Bertz CT molecular complexity index is 765. The smallest absolute Gasteiger partial charge is 0.289 e. The number of ether oxygens (including phenoxy) is 1. The molecule has 0 aromatic heterocycles. The van der Waals surface area contributed by atoms with E-state index in [1.165, 1.54) is 18.2 Å². The number of halogens is 2. The van der Waals surface area contributed by atoms with E-state index in [0.717, 1.165) is 5.56 Å². The molecule has 0 unspecified atom stereocenters. The van der Waals surface area contributed by atoms with Crippen LogP contribution in [0.1, 0.15) is 5.56 Å². The van der Waals surface area contributed by atoms with Crippen LogP contribution in [0, 0.1) is 17.0 Å². The zero-order valence-corrected chi connectivity index (χ0v) is 13.5. The lowest BCUT2D eigenvalue weighted by Crippen LogP contribution is -2.20. The average molecular weight is 355 g/mol. The highest BCUT2D eigenvalue weighted by molar-refractivity contribution is 6.32. The number of nitro groups is 1. The highest BCUT2D eigenvalue weighted by Crippen LogP contribution is 2.28. The van der Waals surface area contributed by atoms with Crippen LogP contribution in [0.5, 0.6) is 5.75 Å². The Morgan fingerprint density at radius 3 is 2.61 bits per heavy atom. The third-order valence-corrected chi connectivity index (χ3v) is 3.50. The highest BCUT2D eigenvalue weighted by atomic mass is 35.5. The predicted molar refractivity (Wildman–Crippen MR) is 88.4 cm³/mol. The van der Waals surface area contributed by atoms with Gasteiger partial charge in [-0.05, 0) is 36.8 Å². The van der Waals surface area contributed by atoms with Crippen molar-refractivity contribution in [1.29, 1.82) is 0 Å². The van der Waals surface area contributed by atoms with Gasteiger partial charge in [0, 0.05) is 11.8 Å². The number of aryl methyl sites for hydroxylation is 1. The lowest BCUT2D eigenvalue weighted by Gasteiger charge is -2.09. The minimum atomic E-state index is -0.624. The van der Waals surface area contributed by atoms with Crippen LogP contribution in [0.2, 0.25) is 10.0 Å². The number of carbonyl (C=O) groups excluding carboxylic acids is 1. The molecule has 0 saturated heterocycles. The lowest BCUT2D eigenvalue weighted by atomic mass is 10.2. The summed E-state index contributed by atoms with van der Waals surface area (Å²) in [5.41, 5.74) is 0.912. The van der Waals surface area contributed by atoms with Crippen molar-refractivity contribution in [1.82, 2.24) is 0 Å². The molecule has 23 heavy (non-hydrogen) atoms. The van der Waals surface area contributed by atoms with E-state index < -0.39 is 10.8 Å². The van der Waals surface area contributed by atoms with Gasteiger partial charge in [0.2, 0.25) is 0 Å². The number of nitrogens with zero attached hydrogens (tertiary/aromatic N) is 1. The second-order valence-corrected chi connectivity index (χ2v) is 5.51. The van der Waals surface area contributed by atoms with Crippen LogP contribution in [0.3, 0.4) is 0 Å². The molecular formula is C15H12Cl2N2O4. The SMILES string of the molecule is Cc1ccc(Cl)c(OCC(=O)Nc2ccc(Cl)c([N+](=O)[O-])c2)c1. The zero-order chi connectivity index (χ0) is 17.0. The maximum absolute atomic E-state index is 11.9. The molecule has 0 aliphatic carbocycles. The Hall–Kier alpha value is -2.31. The van der Waals surface area contributed by atoms with Gasteiger partial charge >= 0.3 is 0 Å². The van der Waals surface area contributed by atoms with Crippen molar-refractivity contribution < 1.29 is 14.5 Å². The van der Waals surface area contributed by atoms with Crippen LogP contribution < -0.4 is 10.1 Å². The molecule has 2 aromatic rings. The summed E-state index contributed by atoms with van der Waals surface area (Å²) < 4.78 is 5.35. The van der Waals surface area contributed by atoms with Gasteiger partial charge in [0.15, 0.2) is 6.61 Å². The number of benzene rings is 2. The van der Waals surface area contributed by atoms with Gasteiger partial charge < -0.3 is 10.1 Å². The molecule has 0 aliphatic rings. The van der Waals surface area contributed by atoms with Gasteiger partial charge in [0.25, 0.3) is 11.6 Å². The molecule has 0 fully saturated rings. The second kappa shape index (κ2) is 7.30. The molecule has 0 radical (unpaired) electrons. The van der Waals surface area contributed by atoms with E-state index in [-0.39, 0.29) is 23.0 Å². The fourth-order valence-electron chi connectivity index (χ4n) is 1.79. The highest BCUT2D eigenvalue weighted by Gasteiger charge is 2.14. The van der Waals surface area contributed by atoms with Crippen LogP contribution in [0.15, 0.2) is 36.4 Å². The largest absolute Gasteiger partial charge is 0.482 e. The summed E-state index contributed by atoms with van der Waals surface area (Å²) in [6.45, 7) is 1.59. The minimum absolute atomic E-state index is 0.00390. The molecule has 0 atom stereocenters. The first-order valence-electron chi connectivity index (χ1n) is 6.49. The molecule has 6 nitrogen and oxygen atoms in total. The van der Waals surface area contributed by atoms with Gasteiger partial charge in [-0.1, -0.05) is 29.3 Å². The molecule has 1 amide bonds. The van der Waals surface area contributed by atoms with Crippen molar-refractivity contribution in [3.63, 3.8) is 0 Å². The number of anilines is 1. The van der Waals surface area contributed by atoms with Crippen LogP contribution in [0.25, 0.3) is 0 Å². The number of carbonyl (C=O) groups is 1. The number of nitrogens with one attached hydrogen (secondary N) is 1.